The van der Waals surface area contributed by atoms with Gasteiger partial charge in [-0.05, 0) is 37.1 Å². The molecule has 0 radical (unpaired) electrons. The lowest BCUT2D eigenvalue weighted by Gasteiger charge is -2.18. The van der Waals surface area contributed by atoms with Gasteiger partial charge in [0.25, 0.3) is 5.56 Å². The molecule has 0 atom stereocenters. The zero-order chi connectivity index (χ0) is 20.5. The summed E-state index contributed by atoms with van der Waals surface area (Å²) in [5.41, 5.74) is -0.558. The van der Waals surface area contributed by atoms with Crippen LogP contribution in [0.1, 0.15) is 38.3 Å². The average molecular weight is 411 g/mol. The lowest BCUT2D eigenvalue weighted by molar-refractivity contribution is -0.137. The molecular weight excluding hydrogens is 393 g/mol. The van der Waals surface area contributed by atoms with Crippen molar-refractivity contribution >= 4 is 34.3 Å². The molecule has 28 heavy (non-hydrogen) atoms. The Morgan fingerprint density at radius 2 is 1.89 bits per heavy atom. The molecule has 3 rings (SSSR count). The topological polar surface area (TPSA) is 59.8 Å². The summed E-state index contributed by atoms with van der Waals surface area (Å²) in [4.78, 5) is 20.9. The van der Waals surface area contributed by atoms with Gasteiger partial charge in [-0.1, -0.05) is 25.4 Å². The van der Waals surface area contributed by atoms with Gasteiger partial charge in [0, 0.05) is 29.4 Å². The Kier molecular flexibility index (Phi) is 5.60. The number of rotatable bonds is 5. The maximum atomic E-state index is 13.1. The molecule has 0 aliphatic rings. The highest BCUT2D eigenvalue weighted by Gasteiger charge is 2.33. The minimum atomic E-state index is -4.57. The number of alkyl halides is 3. The summed E-state index contributed by atoms with van der Waals surface area (Å²) in [7, 11) is 0. The number of nitrogens with one attached hydrogen (secondary N) is 1. The van der Waals surface area contributed by atoms with Crippen LogP contribution in [0.15, 0.2) is 41.3 Å². The van der Waals surface area contributed by atoms with Crippen molar-refractivity contribution in [1.29, 1.82) is 0 Å². The molecule has 1 N–H and O–H groups in total. The fraction of sp³-hybridized carbons (Fsp3) is 0.316. The van der Waals surface area contributed by atoms with Gasteiger partial charge in [0.1, 0.15) is 5.65 Å². The molecule has 0 amide bonds. The molecule has 2 aromatic heterocycles. The molecule has 3 aromatic rings. The number of halogens is 4. The van der Waals surface area contributed by atoms with E-state index in [1.165, 1.54) is 18.3 Å². The molecule has 0 saturated heterocycles. The van der Waals surface area contributed by atoms with E-state index in [0.29, 0.717) is 11.0 Å². The molecule has 0 fully saturated rings. The van der Waals surface area contributed by atoms with E-state index in [0.717, 1.165) is 25.0 Å². The van der Waals surface area contributed by atoms with Crippen molar-refractivity contribution in [2.45, 2.75) is 38.9 Å². The van der Waals surface area contributed by atoms with E-state index < -0.39 is 11.7 Å². The van der Waals surface area contributed by atoms with E-state index in [9.17, 15) is 18.0 Å². The summed E-state index contributed by atoms with van der Waals surface area (Å²) >= 11 is 5.65. The Bertz CT molecular complexity index is 1060. The van der Waals surface area contributed by atoms with Crippen molar-refractivity contribution in [3.8, 4) is 0 Å². The highest BCUT2D eigenvalue weighted by Crippen LogP contribution is 2.36. The van der Waals surface area contributed by atoms with Crippen molar-refractivity contribution in [3.63, 3.8) is 0 Å². The SMILES string of the molecule is CCC(CC)n1c(=O)ccc2cnc(Nc3ccc(Cl)c(C(F)(F)F)c3)nc21. The van der Waals surface area contributed by atoms with Crippen LogP contribution in [0.3, 0.4) is 0 Å². The Labute approximate surface area is 164 Å². The summed E-state index contributed by atoms with van der Waals surface area (Å²) in [5.74, 6) is 0.0910. The Morgan fingerprint density at radius 1 is 1.18 bits per heavy atom. The average Bonchev–Trinajstić information content (AvgIpc) is 2.65. The molecule has 0 aliphatic heterocycles. The van der Waals surface area contributed by atoms with Crippen LogP contribution in [0.2, 0.25) is 5.02 Å². The second-order valence-corrected chi connectivity index (χ2v) is 6.71. The highest BCUT2D eigenvalue weighted by molar-refractivity contribution is 6.31. The number of nitrogens with zero attached hydrogens (tertiary/aromatic N) is 3. The minimum Gasteiger partial charge on any atom is -0.324 e. The van der Waals surface area contributed by atoms with Gasteiger partial charge in [-0.3, -0.25) is 9.36 Å². The molecule has 0 unspecified atom stereocenters. The zero-order valence-electron chi connectivity index (χ0n) is 15.2. The third kappa shape index (κ3) is 3.96. The number of fused-ring (bicyclic) bond motifs is 1. The Balaban J connectivity index is 2.06. The van der Waals surface area contributed by atoms with Crippen LogP contribution in [0, 0.1) is 0 Å². The third-order valence-electron chi connectivity index (χ3n) is 4.50. The third-order valence-corrected chi connectivity index (χ3v) is 4.83. The van der Waals surface area contributed by atoms with Crippen LogP contribution in [-0.4, -0.2) is 14.5 Å². The lowest BCUT2D eigenvalue weighted by atomic mass is 10.1. The second kappa shape index (κ2) is 7.79. The van der Waals surface area contributed by atoms with Crippen molar-refractivity contribution in [3.05, 3.63) is 57.5 Å². The molecule has 0 bridgehead atoms. The van der Waals surface area contributed by atoms with Crippen molar-refractivity contribution in [1.82, 2.24) is 14.5 Å². The van der Waals surface area contributed by atoms with Crippen LogP contribution < -0.4 is 10.9 Å². The molecular formula is C19H18ClF3N4O. The second-order valence-electron chi connectivity index (χ2n) is 6.30. The smallest absolute Gasteiger partial charge is 0.324 e. The first-order valence-corrected chi connectivity index (χ1v) is 9.14. The van der Waals surface area contributed by atoms with Crippen LogP contribution in [-0.2, 0) is 6.18 Å². The van der Waals surface area contributed by atoms with Gasteiger partial charge in [-0.2, -0.15) is 18.2 Å². The summed E-state index contributed by atoms with van der Waals surface area (Å²) in [5, 5.41) is 3.04. The van der Waals surface area contributed by atoms with Crippen molar-refractivity contribution in [2.75, 3.05) is 5.32 Å². The van der Waals surface area contributed by atoms with E-state index >= 15 is 0 Å². The van der Waals surface area contributed by atoms with Gasteiger partial charge >= 0.3 is 6.18 Å². The van der Waals surface area contributed by atoms with Crippen molar-refractivity contribution < 1.29 is 13.2 Å². The van der Waals surface area contributed by atoms with Gasteiger partial charge in [0.05, 0.1) is 10.6 Å². The van der Waals surface area contributed by atoms with Gasteiger partial charge < -0.3 is 5.32 Å². The molecule has 2 heterocycles. The van der Waals surface area contributed by atoms with Gasteiger partial charge in [-0.25, -0.2) is 4.98 Å². The first-order chi connectivity index (χ1) is 13.2. The monoisotopic (exact) mass is 410 g/mol. The maximum absolute atomic E-state index is 13.1. The predicted molar refractivity (Wildman–Crippen MR) is 103 cm³/mol. The molecule has 1 aromatic carbocycles. The number of aromatic nitrogens is 3. The Morgan fingerprint density at radius 3 is 2.54 bits per heavy atom. The van der Waals surface area contributed by atoms with Crippen LogP contribution in [0.25, 0.3) is 11.0 Å². The number of anilines is 2. The maximum Gasteiger partial charge on any atom is 0.417 e. The van der Waals surface area contributed by atoms with E-state index in [2.05, 4.69) is 15.3 Å². The van der Waals surface area contributed by atoms with Gasteiger partial charge in [-0.15, -0.1) is 0 Å². The quantitative estimate of drug-likeness (QED) is 0.597. The van der Waals surface area contributed by atoms with E-state index in [-0.39, 0.29) is 28.3 Å². The highest BCUT2D eigenvalue weighted by atomic mass is 35.5. The minimum absolute atomic E-state index is 0.0358. The first-order valence-electron chi connectivity index (χ1n) is 8.76. The van der Waals surface area contributed by atoms with E-state index in [4.69, 9.17) is 11.6 Å². The van der Waals surface area contributed by atoms with E-state index in [1.807, 2.05) is 13.8 Å². The van der Waals surface area contributed by atoms with Crippen LogP contribution in [0.4, 0.5) is 24.8 Å². The molecule has 0 aliphatic carbocycles. The summed E-state index contributed by atoms with van der Waals surface area (Å²) in [6.45, 7) is 3.96. The predicted octanol–water partition coefficient (Wildman–Crippen LogP) is 5.57. The molecule has 5 nitrogen and oxygen atoms in total. The lowest BCUT2D eigenvalue weighted by Crippen LogP contribution is -2.24. The number of hydrogen-bond acceptors (Lipinski definition) is 4. The normalized spacial score (nSPS) is 12.0. The number of pyridine rings is 1. The molecule has 0 spiro atoms. The van der Waals surface area contributed by atoms with Gasteiger partial charge in [0.15, 0.2) is 0 Å². The van der Waals surface area contributed by atoms with Crippen molar-refractivity contribution in [2.24, 2.45) is 0 Å². The Hall–Kier alpha value is -2.61. The standard InChI is InChI=1S/C19H18ClF3N4O/c1-3-13(4-2)27-16(28)8-5-11-10-24-18(26-17(11)27)25-12-6-7-15(20)14(9-12)19(21,22)23/h5-10,13H,3-4H2,1-2H3,(H,24,25,26). The number of benzene rings is 1. The molecule has 148 valence electrons. The summed E-state index contributed by atoms with van der Waals surface area (Å²) in [6, 6.07) is 6.52. The summed E-state index contributed by atoms with van der Waals surface area (Å²) < 4.78 is 40.8. The number of hydrogen-bond donors (Lipinski definition) is 1. The summed E-state index contributed by atoms with van der Waals surface area (Å²) in [6.07, 6.45) is -1.55. The van der Waals surface area contributed by atoms with Crippen LogP contribution in [0.5, 0.6) is 0 Å². The zero-order valence-corrected chi connectivity index (χ0v) is 16.0. The fourth-order valence-electron chi connectivity index (χ4n) is 3.05. The molecule has 0 saturated carbocycles. The largest absolute Gasteiger partial charge is 0.417 e. The van der Waals surface area contributed by atoms with E-state index in [1.54, 1.807) is 10.6 Å². The first kappa shape index (κ1) is 20.1. The molecule has 9 heteroatoms. The van der Waals surface area contributed by atoms with Gasteiger partial charge in [0.2, 0.25) is 5.95 Å². The van der Waals surface area contributed by atoms with Crippen LogP contribution >= 0.6 is 11.6 Å². The fourth-order valence-corrected chi connectivity index (χ4v) is 3.28.